The molecule has 132 valence electrons. The Hall–Kier alpha value is -3.66. The first-order valence-electron chi connectivity index (χ1n) is 8.75. The molecule has 3 aromatic carbocycles. The second-order valence-corrected chi connectivity index (χ2v) is 6.32. The Morgan fingerprint density at radius 3 is 2.41 bits per heavy atom. The topological polar surface area (TPSA) is 51.1 Å². The van der Waals surface area contributed by atoms with Gasteiger partial charge >= 0.3 is 0 Å². The summed E-state index contributed by atoms with van der Waals surface area (Å²) in [6, 6.07) is 26.5. The third-order valence-corrected chi connectivity index (χ3v) is 4.50. The number of pyridine rings is 1. The van der Waals surface area contributed by atoms with E-state index in [0.717, 1.165) is 16.3 Å². The van der Waals surface area contributed by atoms with E-state index in [-0.39, 0.29) is 11.1 Å². The zero-order valence-corrected chi connectivity index (χ0v) is 14.6. The quantitative estimate of drug-likeness (QED) is 0.594. The molecule has 4 rings (SSSR count). The molecule has 0 aliphatic rings. The Kier molecular flexibility index (Phi) is 4.54. The maximum absolute atomic E-state index is 12.8. The number of rotatable bonds is 4. The van der Waals surface area contributed by atoms with E-state index in [0.29, 0.717) is 12.2 Å². The molecule has 1 N–H and O–H groups in total. The fourth-order valence-corrected chi connectivity index (χ4v) is 3.14. The monoisotopic (exact) mass is 354 g/mol. The predicted molar refractivity (Wildman–Crippen MR) is 108 cm³/mol. The number of anilines is 1. The lowest BCUT2D eigenvalue weighted by molar-refractivity contribution is 0.102. The average molecular weight is 354 g/mol. The maximum Gasteiger partial charge on any atom is 0.263 e. The lowest BCUT2D eigenvalue weighted by Gasteiger charge is -2.10. The minimum atomic E-state index is -0.404. The van der Waals surface area contributed by atoms with Crippen LogP contribution in [0, 0.1) is 0 Å². The van der Waals surface area contributed by atoms with Crippen LogP contribution in [0.4, 0.5) is 5.69 Å². The van der Waals surface area contributed by atoms with Crippen molar-refractivity contribution in [3.8, 4) is 0 Å². The van der Waals surface area contributed by atoms with Crippen molar-refractivity contribution in [3.63, 3.8) is 0 Å². The van der Waals surface area contributed by atoms with Gasteiger partial charge in [0.25, 0.3) is 11.5 Å². The van der Waals surface area contributed by atoms with Crippen LogP contribution in [0.2, 0.25) is 0 Å². The molecule has 27 heavy (non-hydrogen) atoms. The highest BCUT2D eigenvalue weighted by atomic mass is 16.2. The van der Waals surface area contributed by atoms with Crippen LogP contribution in [0.1, 0.15) is 15.9 Å². The predicted octanol–water partition coefficient (Wildman–Crippen LogP) is 4.30. The zero-order chi connectivity index (χ0) is 18.6. The summed E-state index contributed by atoms with van der Waals surface area (Å²) >= 11 is 0. The SMILES string of the molecule is O=C(Nc1cccc2ccccc12)c1cccn(Cc2ccccc2)c1=O. The van der Waals surface area contributed by atoms with E-state index in [1.165, 1.54) is 0 Å². The number of carbonyl (C=O) groups excluding carboxylic acids is 1. The van der Waals surface area contributed by atoms with Gasteiger partial charge in [0.1, 0.15) is 5.56 Å². The average Bonchev–Trinajstić information content (AvgIpc) is 2.70. The Bertz CT molecular complexity index is 1160. The number of nitrogens with one attached hydrogen (secondary N) is 1. The number of benzene rings is 3. The van der Waals surface area contributed by atoms with E-state index in [1.807, 2.05) is 72.8 Å². The summed E-state index contributed by atoms with van der Waals surface area (Å²) in [6.45, 7) is 0.426. The van der Waals surface area contributed by atoms with Crippen molar-refractivity contribution in [2.45, 2.75) is 6.54 Å². The second-order valence-electron chi connectivity index (χ2n) is 6.32. The molecular weight excluding hydrogens is 336 g/mol. The zero-order valence-electron chi connectivity index (χ0n) is 14.6. The Labute approximate surface area is 156 Å². The molecule has 0 radical (unpaired) electrons. The molecule has 1 amide bonds. The van der Waals surface area contributed by atoms with Gasteiger partial charge in [-0.15, -0.1) is 0 Å². The standard InChI is InChI=1S/C23H18N2O2/c26-22(24-21-14-6-11-18-10-4-5-12-19(18)21)20-13-7-15-25(23(20)27)16-17-8-2-1-3-9-17/h1-15H,16H2,(H,24,26). The molecule has 0 fully saturated rings. The highest BCUT2D eigenvalue weighted by Gasteiger charge is 2.13. The summed E-state index contributed by atoms with van der Waals surface area (Å²) in [5.74, 6) is -0.404. The normalized spacial score (nSPS) is 10.7. The number of fused-ring (bicyclic) bond motifs is 1. The van der Waals surface area contributed by atoms with Crippen LogP contribution in [0.25, 0.3) is 10.8 Å². The number of hydrogen-bond donors (Lipinski definition) is 1. The van der Waals surface area contributed by atoms with Crippen LogP contribution in [-0.2, 0) is 6.54 Å². The molecule has 0 aliphatic carbocycles. The molecule has 1 aromatic heterocycles. The van der Waals surface area contributed by atoms with Crippen molar-refractivity contribution < 1.29 is 4.79 Å². The first-order valence-corrected chi connectivity index (χ1v) is 8.75. The summed E-state index contributed by atoms with van der Waals surface area (Å²) in [7, 11) is 0. The van der Waals surface area contributed by atoms with E-state index in [2.05, 4.69) is 5.32 Å². The van der Waals surface area contributed by atoms with Gasteiger partial charge in [0.05, 0.1) is 6.54 Å². The molecule has 0 saturated heterocycles. The highest BCUT2D eigenvalue weighted by Crippen LogP contribution is 2.23. The van der Waals surface area contributed by atoms with Crippen LogP contribution in [0.15, 0.2) is 95.9 Å². The number of nitrogens with zero attached hydrogens (tertiary/aromatic N) is 1. The molecule has 0 saturated carbocycles. The summed E-state index contributed by atoms with van der Waals surface area (Å²) in [5.41, 5.74) is 1.52. The van der Waals surface area contributed by atoms with E-state index in [1.54, 1.807) is 22.9 Å². The van der Waals surface area contributed by atoms with E-state index in [4.69, 9.17) is 0 Å². The van der Waals surface area contributed by atoms with Gasteiger partial charge in [0, 0.05) is 17.3 Å². The molecular formula is C23H18N2O2. The fourth-order valence-electron chi connectivity index (χ4n) is 3.14. The fraction of sp³-hybridized carbons (Fsp3) is 0.0435. The summed E-state index contributed by atoms with van der Waals surface area (Å²) in [4.78, 5) is 25.5. The van der Waals surface area contributed by atoms with Gasteiger partial charge in [0.2, 0.25) is 0 Å². The van der Waals surface area contributed by atoms with Gasteiger partial charge in [0.15, 0.2) is 0 Å². The molecule has 4 aromatic rings. The first-order chi connectivity index (χ1) is 13.2. The highest BCUT2D eigenvalue weighted by molar-refractivity contribution is 6.08. The van der Waals surface area contributed by atoms with Crippen molar-refractivity contribution in [2.75, 3.05) is 5.32 Å². The molecule has 0 atom stereocenters. The van der Waals surface area contributed by atoms with Gasteiger partial charge in [-0.05, 0) is 29.1 Å². The third-order valence-electron chi connectivity index (χ3n) is 4.50. The molecule has 4 heteroatoms. The number of aromatic nitrogens is 1. The number of amides is 1. The minimum Gasteiger partial charge on any atom is -0.321 e. The van der Waals surface area contributed by atoms with Crippen LogP contribution >= 0.6 is 0 Å². The van der Waals surface area contributed by atoms with Crippen molar-refractivity contribution in [1.82, 2.24) is 4.57 Å². The summed E-state index contributed by atoms with van der Waals surface area (Å²) in [5, 5.41) is 4.85. The van der Waals surface area contributed by atoms with Crippen LogP contribution in [-0.4, -0.2) is 10.5 Å². The van der Waals surface area contributed by atoms with E-state index < -0.39 is 5.91 Å². The Morgan fingerprint density at radius 1 is 0.815 bits per heavy atom. The van der Waals surface area contributed by atoms with Crippen molar-refractivity contribution >= 4 is 22.4 Å². The van der Waals surface area contributed by atoms with Crippen LogP contribution < -0.4 is 10.9 Å². The second kappa shape index (κ2) is 7.30. The lowest BCUT2D eigenvalue weighted by atomic mass is 10.1. The largest absolute Gasteiger partial charge is 0.321 e. The molecule has 0 unspecified atom stereocenters. The van der Waals surface area contributed by atoms with Crippen LogP contribution in [0.5, 0.6) is 0 Å². The molecule has 4 nitrogen and oxygen atoms in total. The van der Waals surface area contributed by atoms with Gasteiger partial charge < -0.3 is 9.88 Å². The van der Waals surface area contributed by atoms with E-state index >= 15 is 0 Å². The van der Waals surface area contributed by atoms with E-state index in [9.17, 15) is 9.59 Å². The smallest absolute Gasteiger partial charge is 0.263 e. The van der Waals surface area contributed by atoms with Gasteiger partial charge in [-0.1, -0.05) is 66.7 Å². The Balaban J connectivity index is 1.64. The van der Waals surface area contributed by atoms with Crippen molar-refractivity contribution in [3.05, 3.63) is 113 Å². The van der Waals surface area contributed by atoms with Gasteiger partial charge in [-0.2, -0.15) is 0 Å². The molecule has 1 heterocycles. The number of carbonyl (C=O) groups is 1. The van der Waals surface area contributed by atoms with Crippen molar-refractivity contribution in [2.24, 2.45) is 0 Å². The molecule has 0 spiro atoms. The lowest BCUT2D eigenvalue weighted by Crippen LogP contribution is -2.29. The van der Waals surface area contributed by atoms with Gasteiger partial charge in [-0.3, -0.25) is 9.59 Å². The summed E-state index contributed by atoms with van der Waals surface area (Å²) < 4.78 is 1.55. The van der Waals surface area contributed by atoms with Gasteiger partial charge in [-0.25, -0.2) is 0 Å². The first kappa shape index (κ1) is 16.8. The summed E-state index contributed by atoms with van der Waals surface area (Å²) in [6.07, 6.45) is 1.70. The number of hydrogen-bond acceptors (Lipinski definition) is 2. The van der Waals surface area contributed by atoms with Crippen molar-refractivity contribution in [1.29, 1.82) is 0 Å². The molecule has 0 aliphatic heterocycles. The third kappa shape index (κ3) is 3.51. The van der Waals surface area contributed by atoms with Crippen LogP contribution in [0.3, 0.4) is 0 Å². The molecule has 0 bridgehead atoms. The minimum absolute atomic E-state index is 0.126. The Morgan fingerprint density at radius 2 is 1.56 bits per heavy atom. The maximum atomic E-state index is 12.8.